The maximum absolute atomic E-state index is 4.90. The van der Waals surface area contributed by atoms with Crippen molar-refractivity contribution in [3.63, 3.8) is 0 Å². The summed E-state index contributed by atoms with van der Waals surface area (Å²) in [5, 5.41) is 0. The molecule has 13 heavy (non-hydrogen) atoms. The largest absolute Gasteiger partial charge is 0.331 e. The molecular formula is C10H27N3. The van der Waals surface area contributed by atoms with Gasteiger partial charge in [-0.3, -0.25) is 0 Å². The van der Waals surface area contributed by atoms with Crippen LogP contribution in [0.1, 0.15) is 6.92 Å². The average Bonchev–Trinajstić information content (AvgIpc) is 2.27. The Balaban J connectivity index is -0.0000000215. The van der Waals surface area contributed by atoms with Crippen molar-refractivity contribution in [3.05, 3.63) is 39.5 Å². The predicted octanol–water partition coefficient (Wildman–Crippen LogP) is 1.28. The molecule has 3 nitrogen and oxygen atoms in total. The van der Waals surface area contributed by atoms with E-state index in [1.807, 2.05) is 6.92 Å². The molecule has 0 saturated heterocycles. The monoisotopic (exact) mass is 189 g/mol. The molecule has 6 N–H and O–H groups in total. The lowest BCUT2D eigenvalue weighted by molar-refractivity contribution is 0.976. The second kappa shape index (κ2) is 257. The first-order valence-corrected chi connectivity index (χ1v) is 3.93. The molecule has 0 aromatic rings. The van der Waals surface area contributed by atoms with Gasteiger partial charge >= 0.3 is 0 Å². The summed E-state index contributed by atoms with van der Waals surface area (Å²) >= 11 is 0. The van der Waals surface area contributed by atoms with Gasteiger partial charge in [0.15, 0.2) is 0 Å². The van der Waals surface area contributed by atoms with Gasteiger partial charge in [0, 0.05) is 13.1 Å². The van der Waals surface area contributed by atoms with E-state index >= 15 is 0 Å². The third-order valence-electron chi connectivity index (χ3n) is 0.167. The van der Waals surface area contributed by atoms with Crippen LogP contribution in [0.3, 0.4) is 0 Å². The van der Waals surface area contributed by atoms with E-state index in [9.17, 15) is 0 Å². The Labute approximate surface area is 84.0 Å². The van der Waals surface area contributed by atoms with Gasteiger partial charge in [-0.1, -0.05) is 6.92 Å². The minimum atomic E-state index is 0.597. The molecule has 0 aliphatic carbocycles. The van der Waals surface area contributed by atoms with Gasteiger partial charge in [0.2, 0.25) is 0 Å². The first-order chi connectivity index (χ1) is 6.33. The number of hydrogen-bond donors (Lipinski definition) is 3. The lowest BCUT2D eigenvalue weighted by atomic mass is 10.7. The van der Waals surface area contributed by atoms with Gasteiger partial charge in [-0.15, -0.1) is 39.5 Å². The third-order valence-corrected chi connectivity index (χ3v) is 0.167. The Morgan fingerprint density at radius 3 is 0.769 bits per heavy atom. The summed E-state index contributed by atoms with van der Waals surface area (Å²) in [6, 6.07) is 0. The van der Waals surface area contributed by atoms with E-state index in [4.69, 9.17) is 17.2 Å². The van der Waals surface area contributed by atoms with Gasteiger partial charge in [0.05, 0.1) is 0 Å². The molecule has 0 spiro atoms. The Morgan fingerprint density at radius 1 is 0.692 bits per heavy atom. The molecule has 0 aromatic heterocycles. The summed E-state index contributed by atoms with van der Waals surface area (Å²) in [4.78, 5) is 0. The molecule has 0 heterocycles. The molecule has 0 aliphatic heterocycles. The highest BCUT2D eigenvalue weighted by Crippen LogP contribution is 1.24. The van der Waals surface area contributed by atoms with Crippen LogP contribution in [0, 0.1) is 0 Å². The van der Waals surface area contributed by atoms with Crippen LogP contribution < -0.4 is 17.2 Å². The molecule has 0 amide bonds. The van der Waals surface area contributed by atoms with Gasteiger partial charge in [0.1, 0.15) is 0 Å². The van der Waals surface area contributed by atoms with Crippen molar-refractivity contribution in [3.8, 4) is 0 Å². The zero-order chi connectivity index (χ0) is 12.1. The molecule has 3 heteroatoms. The summed E-state index contributed by atoms with van der Waals surface area (Å²) in [6.45, 7) is 21.8. The van der Waals surface area contributed by atoms with E-state index in [0.717, 1.165) is 6.54 Å². The summed E-state index contributed by atoms with van der Waals surface area (Å²) in [7, 11) is 0. The number of hydrogen-bond acceptors (Lipinski definition) is 3. The number of nitrogens with two attached hydrogens (primary N) is 3. The smallest absolute Gasteiger partial charge is 0.00461 e. The fourth-order valence-electron chi connectivity index (χ4n) is 0. The quantitative estimate of drug-likeness (QED) is 0.544. The van der Waals surface area contributed by atoms with Crippen molar-refractivity contribution in [2.75, 3.05) is 19.6 Å². The van der Waals surface area contributed by atoms with Crippen molar-refractivity contribution in [2.24, 2.45) is 17.2 Å². The summed E-state index contributed by atoms with van der Waals surface area (Å²) in [5.74, 6) is 0. The van der Waals surface area contributed by atoms with Crippen molar-refractivity contribution in [1.82, 2.24) is 0 Å². The molecule has 0 rings (SSSR count). The lowest BCUT2D eigenvalue weighted by Gasteiger charge is -1.72. The van der Waals surface area contributed by atoms with Crippen LogP contribution in [0.4, 0.5) is 0 Å². The Bertz CT molecular complexity index is 34.4. The SMILES string of the molecule is C=C.C=C.C=C.CCN.NCCN. The molecule has 0 atom stereocenters. The zero-order valence-corrected chi connectivity index (χ0v) is 9.10. The van der Waals surface area contributed by atoms with Crippen LogP contribution >= 0.6 is 0 Å². The van der Waals surface area contributed by atoms with Crippen LogP contribution in [0.25, 0.3) is 0 Å². The van der Waals surface area contributed by atoms with Crippen LogP contribution in [-0.4, -0.2) is 19.6 Å². The molecular weight excluding hydrogens is 162 g/mol. The van der Waals surface area contributed by atoms with Crippen molar-refractivity contribution >= 4 is 0 Å². The summed E-state index contributed by atoms with van der Waals surface area (Å²) in [6.07, 6.45) is 0. The topological polar surface area (TPSA) is 78.1 Å². The number of rotatable bonds is 1. The first-order valence-electron chi connectivity index (χ1n) is 3.93. The summed E-state index contributed by atoms with van der Waals surface area (Å²) in [5.41, 5.74) is 14.7. The fraction of sp³-hybridized carbons (Fsp3) is 0.400. The van der Waals surface area contributed by atoms with Crippen LogP contribution in [0.15, 0.2) is 39.5 Å². The molecule has 0 aromatic carbocycles. The fourth-order valence-corrected chi connectivity index (χ4v) is 0. The van der Waals surface area contributed by atoms with E-state index in [1.54, 1.807) is 0 Å². The first kappa shape index (κ1) is 29.6. The molecule has 0 bridgehead atoms. The highest BCUT2D eigenvalue weighted by atomic mass is 14.6. The zero-order valence-electron chi connectivity index (χ0n) is 9.10. The van der Waals surface area contributed by atoms with E-state index < -0.39 is 0 Å². The highest BCUT2D eigenvalue weighted by Gasteiger charge is 1.54. The maximum atomic E-state index is 4.90. The van der Waals surface area contributed by atoms with Crippen molar-refractivity contribution in [2.45, 2.75) is 6.92 Å². The molecule has 82 valence electrons. The predicted molar refractivity (Wildman–Crippen MR) is 66.6 cm³/mol. The second-order valence-electron chi connectivity index (χ2n) is 0.986. The van der Waals surface area contributed by atoms with Gasteiger partial charge in [-0.2, -0.15) is 0 Å². The van der Waals surface area contributed by atoms with E-state index in [1.165, 1.54) is 0 Å². The standard InChI is InChI=1S/C2H8N2.C2H7N.3C2H4/c3-1-2-4;1-2-3;3*1-2/h1-4H2;2-3H2,1H3;3*1-2H2. The van der Waals surface area contributed by atoms with Gasteiger partial charge in [-0.05, 0) is 6.54 Å². The Morgan fingerprint density at radius 2 is 0.769 bits per heavy atom. The normalized spacial score (nSPS) is 4.62. The van der Waals surface area contributed by atoms with Crippen LogP contribution in [-0.2, 0) is 0 Å². The van der Waals surface area contributed by atoms with Crippen LogP contribution in [0.5, 0.6) is 0 Å². The molecule has 0 fully saturated rings. The van der Waals surface area contributed by atoms with Gasteiger partial charge < -0.3 is 17.2 Å². The Kier molecular flexibility index (Phi) is 584. The van der Waals surface area contributed by atoms with Crippen LogP contribution in [0.2, 0.25) is 0 Å². The molecule has 0 radical (unpaired) electrons. The second-order valence-corrected chi connectivity index (χ2v) is 0.986. The highest BCUT2D eigenvalue weighted by molar-refractivity contribution is 4.26. The minimum absolute atomic E-state index is 0.597. The minimum Gasteiger partial charge on any atom is -0.331 e. The molecule has 0 aliphatic rings. The summed E-state index contributed by atoms with van der Waals surface area (Å²) < 4.78 is 0. The van der Waals surface area contributed by atoms with Crippen molar-refractivity contribution < 1.29 is 0 Å². The van der Waals surface area contributed by atoms with Gasteiger partial charge in [-0.25, -0.2) is 0 Å². The Hall–Kier alpha value is -0.900. The maximum Gasteiger partial charge on any atom is 0.00461 e. The third kappa shape index (κ3) is 91900. The lowest BCUT2D eigenvalue weighted by Crippen LogP contribution is -2.11. The van der Waals surface area contributed by atoms with Gasteiger partial charge in [0.25, 0.3) is 0 Å². The molecule has 0 saturated carbocycles. The van der Waals surface area contributed by atoms with E-state index in [-0.39, 0.29) is 0 Å². The van der Waals surface area contributed by atoms with Crippen molar-refractivity contribution in [1.29, 1.82) is 0 Å². The average molecular weight is 189 g/mol. The van der Waals surface area contributed by atoms with E-state index in [2.05, 4.69) is 39.5 Å². The van der Waals surface area contributed by atoms with E-state index in [0.29, 0.717) is 13.1 Å². The molecule has 0 unspecified atom stereocenters.